The fourth-order valence-corrected chi connectivity index (χ4v) is 2.60. The SMILES string of the molecule is CNCCCN(C)CCOC(c1ccccc1)c1ccccc1. The van der Waals surface area contributed by atoms with Gasteiger partial charge in [-0.05, 0) is 44.7 Å². The zero-order valence-electron chi connectivity index (χ0n) is 14.2. The van der Waals surface area contributed by atoms with Gasteiger partial charge in [0.15, 0.2) is 0 Å². The molecule has 0 radical (unpaired) electrons. The molecule has 0 spiro atoms. The number of nitrogens with zero attached hydrogens (tertiary/aromatic N) is 1. The van der Waals surface area contributed by atoms with Gasteiger partial charge in [-0.25, -0.2) is 0 Å². The van der Waals surface area contributed by atoms with Crippen molar-refractivity contribution in [2.75, 3.05) is 40.3 Å². The lowest BCUT2D eigenvalue weighted by Gasteiger charge is -2.22. The van der Waals surface area contributed by atoms with E-state index in [-0.39, 0.29) is 6.10 Å². The lowest BCUT2D eigenvalue weighted by molar-refractivity contribution is 0.0646. The van der Waals surface area contributed by atoms with Crippen LogP contribution >= 0.6 is 0 Å². The van der Waals surface area contributed by atoms with E-state index in [9.17, 15) is 0 Å². The van der Waals surface area contributed by atoms with E-state index in [1.54, 1.807) is 0 Å². The zero-order valence-corrected chi connectivity index (χ0v) is 14.2. The second-order valence-electron chi connectivity index (χ2n) is 5.83. The summed E-state index contributed by atoms with van der Waals surface area (Å²) in [7, 11) is 4.15. The van der Waals surface area contributed by atoms with Crippen LogP contribution < -0.4 is 5.32 Å². The maximum Gasteiger partial charge on any atom is 0.108 e. The zero-order chi connectivity index (χ0) is 16.3. The Kier molecular flexibility index (Phi) is 7.81. The number of rotatable bonds is 10. The van der Waals surface area contributed by atoms with Crippen molar-refractivity contribution in [1.82, 2.24) is 10.2 Å². The first-order valence-corrected chi connectivity index (χ1v) is 8.36. The van der Waals surface area contributed by atoms with Crippen LogP contribution in [-0.2, 0) is 4.74 Å². The number of hydrogen-bond acceptors (Lipinski definition) is 3. The van der Waals surface area contributed by atoms with E-state index < -0.39 is 0 Å². The van der Waals surface area contributed by atoms with Crippen LogP contribution in [0, 0.1) is 0 Å². The minimum absolute atomic E-state index is 0.00288. The van der Waals surface area contributed by atoms with Crippen LogP contribution in [0.5, 0.6) is 0 Å². The van der Waals surface area contributed by atoms with Gasteiger partial charge in [0.05, 0.1) is 6.61 Å². The number of likely N-dealkylation sites (N-methyl/N-ethyl adjacent to an activating group) is 1. The van der Waals surface area contributed by atoms with Crippen LogP contribution in [0.1, 0.15) is 23.7 Å². The van der Waals surface area contributed by atoms with Gasteiger partial charge in [0.25, 0.3) is 0 Å². The minimum atomic E-state index is 0.00288. The molecule has 0 aliphatic carbocycles. The quantitative estimate of drug-likeness (QED) is 0.681. The van der Waals surface area contributed by atoms with E-state index in [0.717, 1.165) is 32.7 Å². The Hall–Kier alpha value is -1.68. The van der Waals surface area contributed by atoms with Crippen LogP contribution in [0.25, 0.3) is 0 Å². The first-order valence-electron chi connectivity index (χ1n) is 8.36. The summed E-state index contributed by atoms with van der Waals surface area (Å²) < 4.78 is 6.23. The number of benzene rings is 2. The largest absolute Gasteiger partial charge is 0.367 e. The molecule has 0 saturated heterocycles. The van der Waals surface area contributed by atoms with Gasteiger partial charge in [0, 0.05) is 6.54 Å². The van der Waals surface area contributed by atoms with Crippen LogP contribution in [0.2, 0.25) is 0 Å². The topological polar surface area (TPSA) is 24.5 Å². The molecule has 3 heteroatoms. The molecule has 3 nitrogen and oxygen atoms in total. The van der Waals surface area contributed by atoms with Gasteiger partial charge in [0.2, 0.25) is 0 Å². The van der Waals surface area contributed by atoms with Crippen molar-refractivity contribution in [3.8, 4) is 0 Å². The molecule has 0 atom stereocenters. The third-order valence-corrected chi connectivity index (χ3v) is 3.93. The lowest BCUT2D eigenvalue weighted by atomic mass is 10.0. The third-order valence-electron chi connectivity index (χ3n) is 3.93. The van der Waals surface area contributed by atoms with Crippen molar-refractivity contribution in [2.24, 2.45) is 0 Å². The Morgan fingerprint density at radius 1 is 0.913 bits per heavy atom. The molecule has 0 fully saturated rings. The Balaban J connectivity index is 1.92. The van der Waals surface area contributed by atoms with Gasteiger partial charge in [-0.1, -0.05) is 60.7 Å². The smallest absolute Gasteiger partial charge is 0.108 e. The highest BCUT2D eigenvalue weighted by Crippen LogP contribution is 2.25. The summed E-state index contributed by atoms with van der Waals surface area (Å²) in [4.78, 5) is 2.32. The number of nitrogens with one attached hydrogen (secondary N) is 1. The molecule has 2 rings (SSSR count). The Morgan fingerprint density at radius 2 is 1.48 bits per heavy atom. The number of ether oxygens (including phenoxy) is 1. The molecule has 0 aromatic heterocycles. The fourth-order valence-electron chi connectivity index (χ4n) is 2.60. The van der Waals surface area contributed by atoms with Gasteiger partial charge in [-0.3, -0.25) is 0 Å². The molecule has 0 bridgehead atoms. The average Bonchev–Trinajstić information content (AvgIpc) is 2.60. The highest BCUT2D eigenvalue weighted by molar-refractivity contribution is 5.29. The van der Waals surface area contributed by atoms with Gasteiger partial charge < -0.3 is 15.0 Å². The van der Waals surface area contributed by atoms with E-state index in [1.165, 1.54) is 11.1 Å². The van der Waals surface area contributed by atoms with Crippen molar-refractivity contribution in [2.45, 2.75) is 12.5 Å². The van der Waals surface area contributed by atoms with E-state index in [0.29, 0.717) is 0 Å². The Bertz CT molecular complexity index is 490. The molecule has 0 aliphatic heterocycles. The molecule has 0 amide bonds. The summed E-state index contributed by atoms with van der Waals surface area (Å²) in [5, 5.41) is 3.18. The predicted octanol–water partition coefficient (Wildman–Crippen LogP) is 3.33. The summed E-state index contributed by atoms with van der Waals surface area (Å²) in [6.45, 7) is 3.82. The van der Waals surface area contributed by atoms with Crippen molar-refractivity contribution in [3.05, 3.63) is 71.8 Å². The Morgan fingerprint density at radius 3 is 2.00 bits per heavy atom. The van der Waals surface area contributed by atoms with Crippen molar-refractivity contribution in [3.63, 3.8) is 0 Å². The summed E-state index contributed by atoms with van der Waals surface area (Å²) in [5.74, 6) is 0. The van der Waals surface area contributed by atoms with Gasteiger partial charge in [0.1, 0.15) is 6.10 Å². The molecule has 124 valence electrons. The van der Waals surface area contributed by atoms with E-state index >= 15 is 0 Å². The summed E-state index contributed by atoms with van der Waals surface area (Å²) >= 11 is 0. The molecule has 0 saturated carbocycles. The minimum Gasteiger partial charge on any atom is -0.367 e. The average molecular weight is 312 g/mol. The summed E-state index contributed by atoms with van der Waals surface area (Å²) in [6.07, 6.45) is 1.16. The third kappa shape index (κ3) is 6.14. The summed E-state index contributed by atoms with van der Waals surface area (Å²) in [5.41, 5.74) is 2.41. The molecule has 0 heterocycles. The van der Waals surface area contributed by atoms with E-state index in [2.05, 4.69) is 65.8 Å². The van der Waals surface area contributed by atoms with Crippen LogP contribution in [-0.4, -0.2) is 45.2 Å². The maximum absolute atomic E-state index is 6.23. The van der Waals surface area contributed by atoms with Crippen molar-refractivity contribution < 1.29 is 4.74 Å². The molecular formula is C20H28N2O. The predicted molar refractivity (Wildman–Crippen MR) is 96.7 cm³/mol. The second kappa shape index (κ2) is 10.2. The Labute approximate surface area is 140 Å². The van der Waals surface area contributed by atoms with E-state index in [1.807, 2.05) is 19.2 Å². The molecule has 2 aromatic rings. The maximum atomic E-state index is 6.23. The molecule has 1 N–H and O–H groups in total. The van der Waals surface area contributed by atoms with Crippen LogP contribution in [0.3, 0.4) is 0 Å². The number of hydrogen-bond donors (Lipinski definition) is 1. The molecule has 0 unspecified atom stereocenters. The summed E-state index contributed by atoms with van der Waals surface area (Å²) in [6, 6.07) is 20.9. The normalized spacial score (nSPS) is 11.3. The fraction of sp³-hybridized carbons (Fsp3) is 0.400. The monoisotopic (exact) mass is 312 g/mol. The van der Waals surface area contributed by atoms with Crippen molar-refractivity contribution in [1.29, 1.82) is 0 Å². The second-order valence-corrected chi connectivity index (χ2v) is 5.83. The van der Waals surface area contributed by atoms with Gasteiger partial charge >= 0.3 is 0 Å². The standard InChI is InChI=1S/C20H28N2O/c1-21-14-9-15-22(2)16-17-23-20(18-10-5-3-6-11-18)19-12-7-4-8-13-19/h3-8,10-13,20-21H,9,14-17H2,1-2H3. The van der Waals surface area contributed by atoms with E-state index in [4.69, 9.17) is 4.74 Å². The lowest BCUT2D eigenvalue weighted by Crippen LogP contribution is -2.27. The molecule has 0 aliphatic rings. The molecule has 2 aromatic carbocycles. The van der Waals surface area contributed by atoms with Gasteiger partial charge in [-0.2, -0.15) is 0 Å². The van der Waals surface area contributed by atoms with Crippen molar-refractivity contribution >= 4 is 0 Å². The first kappa shape index (κ1) is 17.7. The van der Waals surface area contributed by atoms with Gasteiger partial charge in [-0.15, -0.1) is 0 Å². The highest BCUT2D eigenvalue weighted by Gasteiger charge is 2.14. The highest BCUT2D eigenvalue weighted by atomic mass is 16.5. The first-order chi connectivity index (χ1) is 11.3. The van der Waals surface area contributed by atoms with Crippen LogP contribution in [0.15, 0.2) is 60.7 Å². The molecular weight excluding hydrogens is 284 g/mol. The van der Waals surface area contributed by atoms with Crippen LogP contribution in [0.4, 0.5) is 0 Å². The molecule has 23 heavy (non-hydrogen) atoms.